The minimum atomic E-state index is 0.463. The highest BCUT2D eigenvalue weighted by Crippen LogP contribution is 2.27. The van der Waals surface area contributed by atoms with E-state index in [1.807, 2.05) is 0 Å². The zero-order valence-electron chi connectivity index (χ0n) is 11.8. The lowest BCUT2D eigenvalue weighted by atomic mass is 9.80. The third-order valence-electron chi connectivity index (χ3n) is 4.34. The second kappa shape index (κ2) is 6.64. The summed E-state index contributed by atoms with van der Waals surface area (Å²) in [6, 6.07) is 0.815. The summed E-state index contributed by atoms with van der Waals surface area (Å²) >= 11 is 0. The van der Waals surface area contributed by atoms with E-state index in [4.69, 9.17) is 0 Å². The van der Waals surface area contributed by atoms with E-state index >= 15 is 0 Å². The molecule has 1 aliphatic rings. The summed E-state index contributed by atoms with van der Waals surface area (Å²) in [5.74, 6) is 0.811. The van der Waals surface area contributed by atoms with Crippen molar-refractivity contribution in [2.75, 3.05) is 6.54 Å². The Labute approximate surface area is 102 Å². The van der Waals surface area contributed by atoms with Gasteiger partial charge in [0, 0.05) is 6.04 Å². The Hall–Kier alpha value is -0.0400. The van der Waals surface area contributed by atoms with Gasteiger partial charge in [0.1, 0.15) is 0 Å². The van der Waals surface area contributed by atoms with Crippen molar-refractivity contribution >= 4 is 0 Å². The quantitative estimate of drug-likeness (QED) is 0.701. The third kappa shape index (κ3) is 5.34. The summed E-state index contributed by atoms with van der Waals surface area (Å²) in [6.07, 6.45) is 9.92. The van der Waals surface area contributed by atoms with Crippen molar-refractivity contribution in [1.82, 2.24) is 5.32 Å². The molecule has 0 spiro atoms. The third-order valence-corrected chi connectivity index (χ3v) is 4.34. The van der Waals surface area contributed by atoms with E-state index in [1.54, 1.807) is 0 Å². The van der Waals surface area contributed by atoms with Crippen LogP contribution in [0.5, 0.6) is 0 Å². The van der Waals surface area contributed by atoms with Crippen LogP contribution in [-0.2, 0) is 0 Å². The number of rotatable bonds is 4. The highest BCUT2D eigenvalue weighted by atomic mass is 14.9. The van der Waals surface area contributed by atoms with E-state index < -0.39 is 0 Å². The molecule has 16 heavy (non-hydrogen) atoms. The average molecular weight is 225 g/mol. The standard InChI is InChI=1S/C15H31N/c1-13(15(2,3)4)11-12-16-14-9-7-5-6-8-10-14/h13-14,16H,5-12H2,1-4H3. The molecule has 0 heterocycles. The molecule has 0 saturated heterocycles. The van der Waals surface area contributed by atoms with Gasteiger partial charge in [-0.15, -0.1) is 0 Å². The molecular weight excluding hydrogens is 194 g/mol. The van der Waals surface area contributed by atoms with Crippen molar-refractivity contribution in [2.45, 2.75) is 78.7 Å². The fourth-order valence-corrected chi connectivity index (χ4v) is 2.42. The van der Waals surface area contributed by atoms with Crippen LogP contribution in [0.3, 0.4) is 0 Å². The van der Waals surface area contributed by atoms with Gasteiger partial charge in [-0.2, -0.15) is 0 Å². The highest BCUT2D eigenvalue weighted by Gasteiger charge is 2.19. The average Bonchev–Trinajstić information content (AvgIpc) is 2.44. The molecule has 96 valence electrons. The predicted octanol–water partition coefficient (Wildman–Crippen LogP) is 4.37. The lowest BCUT2D eigenvalue weighted by Crippen LogP contribution is -2.31. The molecule has 0 radical (unpaired) electrons. The summed E-state index contributed by atoms with van der Waals surface area (Å²) in [4.78, 5) is 0. The first-order chi connectivity index (χ1) is 7.50. The van der Waals surface area contributed by atoms with Crippen molar-refractivity contribution in [3.8, 4) is 0 Å². The van der Waals surface area contributed by atoms with Crippen LogP contribution in [0.15, 0.2) is 0 Å². The molecule has 1 N–H and O–H groups in total. The predicted molar refractivity (Wildman–Crippen MR) is 72.7 cm³/mol. The van der Waals surface area contributed by atoms with E-state index in [9.17, 15) is 0 Å². The van der Waals surface area contributed by atoms with Crippen molar-refractivity contribution in [3.63, 3.8) is 0 Å². The van der Waals surface area contributed by atoms with Gasteiger partial charge < -0.3 is 5.32 Å². The number of hydrogen-bond donors (Lipinski definition) is 1. The van der Waals surface area contributed by atoms with Crippen molar-refractivity contribution < 1.29 is 0 Å². The van der Waals surface area contributed by atoms with Crippen LogP contribution in [-0.4, -0.2) is 12.6 Å². The molecule has 1 atom stereocenters. The Bertz CT molecular complexity index is 172. The minimum Gasteiger partial charge on any atom is -0.314 e. The summed E-state index contributed by atoms with van der Waals surface area (Å²) in [5, 5.41) is 3.76. The summed E-state index contributed by atoms with van der Waals surface area (Å²) in [6.45, 7) is 10.6. The zero-order valence-corrected chi connectivity index (χ0v) is 11.8. The van der Waals surface area contributed by atoms with E-state index in [2.05, 4.69) is 33.0 Å². The minimum absolute atomic E-state index is 0.463. The van der Waals surface area contributed by atoms with E-state index in [0.29, 0.717) is 5.41 Å². The van der Waals surface area contributed by atoms with Gasteiger partial charge in [-0.3, -0.25) is 0 Å². The maximum atomic E-state index is 3.76. The van der Waals surface area contributed by atoms with Gasteiger partial charge in [0.25, 0.3) is 0 Å². The molecule has 1 heteroatoms. The largest absolute Gasteiger partial charge is 0.314 e. The smallest absolute Gasteiger partial charge is 0.00670 e. The van der Waals surface area contributed by atoms with Crippen LogP contribution < -0.4 is 5.32 Å². The second-order valence-corrected chi connectivity index (χ2v) is 6.70. The summed E-state index contributed by atoms with van der Waals surface area (Å²) in [7, 11) is 0. The van der Waals surface area contributed by atoms with Crippen LogP contribution in [0.2, 0.25) is 0 Å². The van der Waals surface area contributed by atoms with Crippen molar-refractivity contribution in [1.29, 1.82) is 0 Å². The highest BCUT2D eigenvalue weighted by molar-refractivity contribution is 4.74. The number of nitrogens with one attached hydrogen (secondary N) is 1. The Morgan fingerprint density at radius 3 is 2.12 bits per heavy atom. The molecule has 1 rings (SSSR count). The molecule has 0 amide bonds. The van der Waals surface area contributed by atoms with E-state index in [0.717, 1.165) is 12.0 Å². The van der Waals surface area contributed by atoms with Crippen molar-refractivity contribution in [3.05, 3.63) is 0 Å². The molecule has 1 unspecified atom stereocenters. The van der Waals surface area contributed by atoms with E-state index in [1.165, 1.54) is 51.5 Å². The van der Waals surface area contributed by atoms with Gasteiger partial charge in [-0.05, 0) is 37.1 Å². The molecule has 1 saturated carbocycles. The van der Waals surface area contributed by atoms with Crippen LogP contribution >= 0.6 is 0 Å². The first-order valence-electron chi connectivity index (χ1n) is 7.23. The van der Waals surface area contributed by atoms with Crippen LogP contribution in [0, 0.1) is 11.3 Å². The topological polar surface area (TPSA) is 12.0 Å². The monoisotopic (exact) mass is 225 g/mol. The normalized spacial score (nSPS) is 21.8. The Kier molecular flexibility index (Phi) is 5.82. The first kappa shape index (κ1) is 14.0. The van der Waals surface area contributed by atoms with Gasteiger partial charge in [0.2, 0.25) is 0 Å². The lowest BCUT2D eigenvalue weighted by Gasteiger charge is -2.28. The second-order valence-electron chi connectivity index (χ2n) is 6.70. The lowest BCUT2D eigenvalue weighted by molar-refractivity contribution is 0.241. The SMILES string of the molecule is CC(CCNC1CCCCCC1)C(C)(C)C. The molecule has 0 bridgehead atoms. The molecule has 1 fully saturated rings. The van der Waals surface area contributed by atoms with Gasteiger partial charge in [0.05, 0.1) is 0 Å². The Morgan fingerprint density at radius 1 is 1.06 bits per heavy atom. The van der Waals surface area contributed by atoms with Crippen LogP contribution in [0.25, 0.3) is 0 Å². The summed E-state index contributed by atoms with van der Waals surface area (Å²) in [5.41, 5.74) is 0.463. The maximum absolute atomic E-state index is 3.76. The van der Waals surface area contributed by atoms with Gasteiger partial charge >= 0.3 is 0 Å². The molecule has 0 aromatic carbocycles. The fourth-order valence-electron chi connectivity index (χ4n) is 2.42. The Balaban J connectivity index is 2.14. The fraction of sp³-hybridized carbons (Fsp3) is 1.00. The first-order valence-corrected chi connectivity index (χ1v) is 7.23. The van der Waals surface area contributed by atoms with Crippen LogP contribution in [0.4, 0.5) is 0 Å². The molecule has 1 aliphatic carbocycles. The van der Waals surface area contributed by atoms with Gasteiger partial charge in [-0.25, -0.2) is 0 Å². The molecule has 0 aromatic heterocycles. The zero-order chi connectivity index (χ0) is 12.0. The molecule has 0 aromatic rings. The van der Waals surface area contributed by atoms with Gasteiger partial charge in [-0.1, -0.05) is 53.4 Å². The van der Waals surface area contributed by atoms with E-state index in [-0.39, 0.29) is 0 Å². The van der Waals surface area contributed by atoms with Crippen LogP contribution in [0.1, 0.15) is 72.6 Å². The molecule has 0 aliphatic heterocycles. The summed E-state index contributed by atoms with van der Waals surface area (Å²) < 4.78 is 0. The van der Waals surface area contributed by atoms with Crippen molar-refractivity contribution in [2.24, 2.45) is 11.3 Å². The number of hydrogen-bond acceptors (Lipinski definition) is 1. The Morgan fingerprint density at radius 2 is 1.62 bits per heavy atom. The molecule has 1 nitrogen and oxygen atoms in total. The van der Waals surface area contributed by atoms with Gasteiger partial charge in [0.15, 0.2) is 0 Å². The molecular formula is C15H31N. The maximum Gasteiger partial charge on any atom is 0.00670 e.